The minimum atomic E-state index is -1.97. The number of hydrogen-bond donors (Lipinski definition) is 2. The Kier molecular flexibility index (Phi) is 6.08. The van der Waals surface area contributed by atoms with Gasteiger partial charge in [-0.1, -0.05) is 25.5 Å². The van der Waals surface area contributed by atoms with E-state index in [1.807, 2.05) is 13.8 Å². The van der Waals surface area contributed by atoms with Gasteiger partial charge < -0.3 is 10.2 Å². The van der Waals surface area contributed by atoms with Crippen LogP contribution in [-0.4, -0.2) is 45.7 Å². The number of aliphatic hydroxyl groups excluding tert-OH is 1. The van der Waals surface area contributed by atoms with Gasteiger partial charge in [-0.25, -0.2) is 13.8 Å². The van der Waals surface area contributed by atoms with Crippen LogP contribution in [0.4, 0.5) is 13.9 Å². The third kappa shape index (κ3) is 3.40. The summed E-state index contributed by atoms with van der Waals surface area (Å²) in [6, 6.07) is 5.28. The SMILES string of the molecule is C[C@@H]1C[C@H]2[C@@H]3CCC4=CC(=O)C=C[C@]4(C)[C@@]3(F)[C@@H](O)C[C@]2(C)[C@@]1(O)c1csc(N(C)C(=O)c2ccc(F)cc2)n1. The number of aliphatic hydroxyl groups is 2. The van der Waals surface area contributed by atoms with E-state index in [4.69, 9.17) is 4.98 Å². The van der Waals surface area contributed by atoms with Crippen LogP contribution >= 0.6 is 11.3 Å². The molecule has 8 atom stereocenters. The van der Waals surface area contributed by atoms with E-state index in [1.165, 1.54) is 52.7 Å². The van der Waals surface area contributed by atoms with E-state index in [2.05, 4.69) is 0 Å². The Morgan fingerprint density at radius 2 is 1.90 bits per heavy atom. The van der Waals surface area contributed by atoms with Crippen molar-refractivity contribution in [1.82, 2.24) is 4.98 Å². The quantitative estimate of drug-likeness (QED) is 0.520. The number of nitrogens with zero attached hydrogens (tertiary/aromatic N) is 2. The molecule has 3 fully saturated rings. The van der Waals surface area contributed by atoms with Crippen molar-refractivity contribution in [2.45, 2.75) is 63.8 Å². The summed E-state index contributed by atoms with van der Waals surface area (Å²) in [6.07, 6.45) is 4.84. The largest absolute Gasteiger partial charge is 0.390 e. The number of fused-ring (bicyclic) bond motifs is 5. The van der Waals surface area contributed by atoms with E-state index in [0.717, 1.165) is 5.57 Å². The van der Waals surface area contributed by atoms with E-state index in [9.17, 15) is 24.2 Å². The maximum Gasteiger partial charge on any atom is 0.259 e. The first-order valence-corrected chi connectivity index (χ1v) is 14.7. The number of rotatable bonds is 3. The zero-order valence-corrected chi connectivity index (χ0v) is 23.8. The molecular weight excluding hydrogens is 534 g/mol. The van der Waals surface area contributed by atoms with Gasteiger partial charge in [0.25, 0.3) is 5.91 Å². The van der Waals surface area contributed by atoms with Gasteiger partial charge in [0.2, 0.25) is 0 Å². The molecule has 2 aromatic rings. The van der Waals surface area contributed by atoms with Gasteiger partial charge >= 0.3 is 0 Å². The molecule has 1 aromatic carbocycles. The molecule has 4 aliphatic carbocycles. The first-order valence-electron chi connectivity index (χ1n) is 13.8. The topological polar surface area (TPSA) is 90.7 Å². The van der Waals surface area contributed by atoms with Crippen LogP contribution in [0.15, 0.2) is 53.4 Å². The summed E-state index contributed by atoms with van der Waals surface area (Å²) in [5, 5.41) is 26.2. The normalized spacial score (nSPS) is 40.2. The second-order valence-electron chi connectivity index (χ2n) is 12.6. The lowest BCUT2D eigenvalue weighted by molar-refractivity contribution is -0.223. The first kappa shape index (κ1) is 27.4. The number of carbonyl (C=O) groups excluding carboxylic acids is 2. The van der Waals surface area contributed by atoms with Crippen LogP contribution in [0.5, 0.6) is 0 Å². The highest BCUT2D eigenvalue weighted by Gasteiger charge is 2.74. The number of ketones is 1. The van der Waals surface area contributed by atoms with E-state index >= 15 is 4.39 Å². The third-order valence-corrected chi connectivity index (χ3v) is 11.7. The average molecular weight is 569 g/mol. The summed E-state index contributed by atoms with van der Waals surface area (Å²) in [7, 11) is 1.58. The number of anilines is 1. The number of benzene rings is 1. The first-order chi connectivity index (χ1) is 18.8. The number of carbonyl (C=O) groups is 2. The van der Waals surface area contributed by atoms with Gasteiger partial charge in [0.1, 0.15) is 11.4 Å². The minimum Gasteiger partial charge on any atom is -0.390 e. The molecule has 6 nitrogen and oxygen atoms in total. The average Bonchev–Trinajstić information content (AvgIpc) is 3.48. The smallest absolute Gasteiger partial charge is 0.259 e. The fourth-order valence-electron chi connectivity index (χ4n) is 8.56. The van der Waals surface area contributed by atoms with Crippen LogP contribution in [0.25, 0.3) is 0 Å². The molecule has 9 heteroatoms. The van der Waals surface area contributed by atoms with E-state index in [1.54, 1.807) is 25.4 Å². The number of thiazole rings is 1. The molecule has 212 valence electrons. The number of amides is 1. The van der Waals surface area contributed by atoms with Crippen molar-refractivity contribution in [3.05, 3.63) is 70.5 Å². The highest BCUT2D eigenvalue weighted by atomic mass is 32.1. The summed E-state index contributed by atoms with van der Waals surface area (Å²) >= 11 is 1.22. The van der Waals surface area contributed by atoms with Crippen molar-refractivity contribution in [3.8, 4) is 0 Å². The lowest BCUT2D eigenvalue weighted by Gasteiger charge is -2.62. The van der Waals surface area contributed by atoms with Gasteiger partial charge in [0.05, 0.1) is 11.8 Å². The Labute approximate surface area is 236 Å². The fraction of sp³-hybridized carbons (Fsp3) is 0.516. The molecular formula is C31H34F2N2O4S. The summed E-state index contributed by atoms with van der Waals surface area (Å²) in [6.45, 7) is 5.66. The molecule has 1 amide bonds. The molecule has 0 radical (unpaired) electrons. The molecule has 1 aromatic heterocycles. The standard InChI is InChI=1S/C31H34F2N2O4S/c1-17-13-23-22-10-7-19-14-21(36)11-12-28(19,2)30(22,33)25(37)15-29(23,3)31(17,39)24-16-40-27(34-24)35(4)26(38)18-5-8-20(32)9-6-18/h5-6,8-9,11-12,14,16-17,22-23,25,37,39H,7,10,13,15H2,1-4H3/t17-,22+,23+,25+,28+,29+,30+,31+/m1/s1. The van der Waals surface area contributed by atoms with E-state index in [-0.39, 0.29) is 29.9 Å². The van der Waals surface area contributed by atoms with Crippen molar-refractivity contribution in [3.63, 3.8) is 0 Å². The highest BCUT2D eigenvalue weighted by Crippen LogP contribution is 2.72. The Bertz CT molecular complexity index is 1460. The summed E-state index contributed by atoms with van der Waals surface area (Å²) < 4.78 is 30.8. The summed E-state index contributed by atoms with van der Waals surface area (Å²) in [4.78, 5) is 31.2. The molecule has 3 saturated carbocycles. The van der Waals surface area contributed by atoms with Crippen molar-refractivity contribution in [2.24, 2.45) is 28.6 Å². The fourth-order valence-corrected chi connectivity index (χ4v) is 9.40. The number of aromatic nitrogens is 1. The third-order valence-electron chi connectivity index (χ3n) is 10.8. The molecule has 2 N–H and O–H groups in total. The van der Waals surface area contributed by atoms with Gasteiger partial charge in [-0.3, -0.25) is 14.5 Å². The molecule has 6 rings (SSSR count). The van der Waals surface area contributed by atoms with E-state index < -0.39 is 39.9 Å². The molecule has 40 heavy (non-hydrogen) atoms. The molecule has 4 aliphatic rings. The highest BCUT2D eigenvalue weighted by molar-refractivity contribution is 7.14. The van der Waals surface area contributed by atoms with Crippen LogP contribution in [-0.2, 0) is 10.4 Å². The lowest BCUT2D eigenvalue weighted by atomic mass is 9.44. The maximum absolute atomic E-state index is 17.4. The number of allylic oxidation sites excluding steroid dienone is 4. The number of hydrogen-bond acceptors (Lipinski definition) is 6. The van der Waals surface area contributed by atoms with Gasteiger partial charge in [0.15, 0.2) is 16.6 Å². The zero-order valence-electron chi connectivity index (χ0n) is 23.0. The van der Waals surface area contributed by atoms with Gasteiger partial charge in [-0.2, -0.15) is 0 Å². The summed E-state index contributed by atoms with van der Waals surface area (Å²) in [5.41, 5.74) is -3.95. The van der Waals surface area contributed by atoms with Crippen molar-refractivity contribution in [1.29, 1.82) is 0 Å². The molecule has 0 spiro atoms. The predicted octanol–water partition coefficient (Wildman–Crippen LogP) is 5.36. The van der Waals surface area contributed by atoms with Gasteiger partial charge in [-0.15, -0.1) is 11.3 Å². The van der Waals surface area contributed by atoms with Crippen molar-refractivity contribution in [2.75, 3.05) is 11.9 Å². The van der Waals surface area contributed by atoms with Crippen LogP contribution in [0.2, 0.25) is 0 Å². The molecule has 0 bridgehead atoms. The Balaban J connectivity index is 1.35. The van der Waals surface area contributed by atoms with Gasteiger partial charge in [-0.05, 0) is 80.9 Å². The second kappa shape index (κ2) is 8.87. The zero-order chi connectivity index (χ0) is 28.8. The van der Waals surface area contributed by atoms with Crippen LogP contribution in [0.1, 0.15) is 62.5 Å². The number of alkyl halides is 1. The lowest BCUT2D eigenvalue weighted by Crippen LogP contribution is -2.68. The second-order valence-corrected chi connectivity index (χ2v) is 13.4. The molecule has 0 aliphatic heterocycles. The molecule has 0 unspecified atom stereocenters. The molecule has 0 saturated heterocycles. The monoisotopic (exact) mass is 568 g/mol. The van der Waals surface area contributed by atoms with Crippen LogP contribution < -0.4 is 4.90 Å². The summed E-state index contributed by atoms with van der Waals surface area (Å²) in [5.74, 6) is -1.97. The maximum atomic E-state index is 17.4. The number of halogens is 2. The van der Waals surface area contributed by atoms with Crippen LogP contribution in [0.3, 0.4) is 0 Å². The Morgan fingerprint density at radius 1 is 1.20 bits per heavy atom. The van der Waals surface area contributed by atoms with E-state index in [0.29, 0.717) is 35.7 Å². The van der Waals surface area contributed by atoms with Crippen molar-refractivity contribution < 1.29 is 28.6 Å². The van der Waals surface area contributed by atoms with Crippen molar-refractivity contribution >= 4 is 28.2 Å². The minimum absolute atomic E-state index is 0.0351. The van der Waals surface area contributed by atoms with Gasteiger partial charge in [0, 0.05) is 34.7 Å². The Morgan fingerprint density at radius 3 is 2.60 bits per heavy atom. The Hall–Kier alpha value is -2.75. The predicted molar refractivity (Wildman–Crippen MR) is 148 cm³/mol. The van der Waals surface area contributed by atoms with Crippen LogP contribution in [0, 0.1) is 34.4 Å². The molecule has 1 heterocycles.